The zero-order valence-electron chi connectivity index (χ0n) is 21.6. The summed E-state index contributed by atoms with van der Waals surface area (Å²) in [5.74, 6) is 1.56. The Hall–Kier alpha value is -2.44. The van der Waals surface area contributed by atoms with E-state index in [1.54, 1.807) is 6.20 Å². The first-order valence-corrected chi connectivity index (χ1v) is 13.8. The Labute approximate surface area is 224 Å². The summed E-state index contributed by atoms with van der Waals surface area (Å²) in [6, 6.07) is 11.4. The molecule has 0 amide bonds. The number of pyridine rings is 2. The van der Waals surface area contributed by atoms with Crippen LogP contribution in [0.3, 0.4) is 0 Å². The Morgan fingerprint density at radius 1 is 1.19 bits per heavy atom. The Balaban J connectivity index is 1.20. The van der Waals surface area contributed by atoms with Crippen LogP contribution in [-0.4, -0.2) is 73.0 Å². The van der Waals surface area contributed by atoms with E-state index >= 15 is 0 Å². The molecule has 8 nitrogen and oxygen atoms in total. The van der Waals surface area contributed by atoms with Crippen molar-refractivity contribution in [2.45, 2.75) is 63.1 Å². The zero-order valence-corrected chi connectivity index (χ0v) is 22.3. The summed E-state index contributed by atoms with van der Waals surface area (Å²) in [6.07, 6.45) is 9.34. The molecule has 0 unspecified atom stereocenters. The molecule has 2 aromatic heterocycles. The van der Waals surface area contributed by atoms with E-state index < -0.39 is 5.41 Å². The highest BCUT2D eigenvalue weighted by Gasteiger charge is 2.33. The second-order valence-corrected chi connectivity index (χ2v) is 11.0. The van der Waals surface area contributed by atoms with E-state index in [0.29, 0.717) is 43.0 Å². The Morgan fingerprint density at radius 3 is 2.73 bits per heavy atom. The van der Waals surface area contributed by atoms with Gasteiger partial charge in [0, 0.05) is 63.8 Å². The number of halogens is 1. The van der Waals surface area contributed by atoms with Gasteiger partial charge in [-0.15, -0.1) is 0 Å². The lowest BCUT2D eigenvalue weighted by Gasteiger charge is -2.35. The van der Waals surface area contributed by atoms with Crippen LogP contribution in [-0.2, 0) is 9.47 Å². The van der Waals surface area contributed by atoms with Gasteiger partial charge < -0.3 is 20.1 Å². The smallest absolute Gasteiger partial charge is 0.126 e. The topological polar surface area (TPSA) is 95.3 Å². The van der Waals surface area contributed by atoms with Crippen LogP contribution in [0.15, 0.2) is 30.5 Å². The molecular formula is C28H37ClN6O2. The first-order valence-electron chi connectivity index (χ1n) is 13.5. The third-order valence-corrected chi connectivity index (χ3v) is 8.55. The average molecular weight is 525 g/mol. The molecule has 0 radical (unpaired) electrons. The number of likely N-dealkylation sites (tertiary alicyclic amines) is 1. The molecular weight excluding hydrogens is 488 g/mol. The lowest BCUT2D eigenvalue weighted by Crippen LogP contribution is -2.39. The molecule has 37 heavy (non-hydrogen) atoms. The highest BCUT2D eigenvalue weighted by Crippen LogP contribution is 2.33. The molecule has 2 saturated heterocycles. The first-order chi connectivity index (χ1) is 18.1. The van der Waals surface area contributed by atoms with E-state index in [4.69, 9.17) is 26.1 Å². The highest BCUT2D eigenvalue weighted by atomic mass is 35.5. The van der Waals surface area contributed by atoms with Crippen molar-refractivity contribution in [1.29, 1.82) is 5.26 Å². The van der Waals surface area contributed by atoms with Gasteiger partial charge in [-0.25, -0.2) is 9.97 Å². The number of anilines is 2. The number of hydrogen-bond donors (Lipinski definition) is 2. The molecule has 1 saturated carbocycles. The maximum Gasteiger partial charge on any atom is 0.126 e. The predicted molar refractivity (Wildman–Crippen MR) is 146 cm³/mol. The van der Waals surface area contributed by atoms with Gasteiger partial charge in [0.15, 0.2) is 0 Å². The molecule has 2 aromatic rings. The SMILES string of the molecule is CO[C@H]1CCN(C2CCC(Nc3cc(-c4cccc(NCC5(C#N)CCOCC5)n4)c(Cl)cn3)CC2)C1. The van der Waals surface area contributed by atoms with Crippen LogP contribution in [0.4, 0.5) is 11.6 Å². The minimum absolute atomic E-state index is 0.393. The Kier molecular flexibility index (Phi) is 8.46. The molecule has 0 bridgehead atoms. The van der Waals surface area contributed by atoms with E-state index in [0.717, 1.165) is 68.1 Å². The van der Waals surface area contributed by atoms with Crippen LogP contribution in [0.25, 0.3) is 11.3 Å². The number of nitrogens with one attached hydrogen (secondary N) is 2. The number of aromatic nitrogens is 2. The monoisotopic (exact) mass is 524 g/mol. The van der Waals surface area contributed by atoms with Crippen LogP contribution in [0.1, 0.15) is 44.9 Å². The standard InChI is InChI=1S/C28H37ClN6O2/c1-36-22-9-12-35(17-22)21-7-5-20(6-8-21)33-27-15-23(24(29)16-31-27)25-3-2-4-26(34-25)32-19-28(18-30)10-13-37-14-11-28/h2-4,15-16,20-22H,5-14,17,19H2,1H3,(H,31,33)(H,32,34)/t20?,21?,22-/m0/s1. The summed E-state index contributed by atoms with van der Waals surface area (Å²) < 4.78 is 11.0. The second-order valence-electron chi connectivity index (χ2n) is 10.6. The van der Waals surface area contributed by atoms with Gasteiger partial charge >= 0.3 is 0 Å². The fourth-order valence-corrected chi connectivity index (χ4v) is 6.02. The van der Waals surface area contributed by atoms with E-state index in [9.17, 15) is 5.26 Å². The first kappa shape index (κ1) is 26.2. The van der Waals surface area contributed by atoms with Gasteiger partial charge in [-0.1, -0.05) is 17.7 Å². The van der Waals surface area contributed by atoms with Crippen LogP contribution in [0, 0.1) is 16.7 Å². The Morgan fingerprint density at radius 2 is 2.00 bits per heavy atom. The molecule has 1 aliphatic carbocycles. The van der Waals surface area contributed by atoms with Gasteiger partial charge in [0.25, 0.3) is 0 Å². The minimum Gasteiger partial charge on any atom is -0.381 e. The summed E-state index contributed by atoms with van der Waals surface area (Å²) in [7, 11) is 1.82. The maximum atomic E-state index is 9.74. The molecule has 0 aromatic carbocycles. The average Bonchev–Trinajstić information content (AvgIpc) is 3.44. The van der Waals surface area contributed by atoms with E-state index in [1.165, 1.54) is 12.8 Å². The van der Waals surface area contributed by atoms with Crippen molar-refractivity contribution in [1.82, 2.24) is 14.9 Å². The quantitative estimate of drug-likeness (QED) is 0.499. The second kappa shape index (κ2) is 12.0. The van der Waals surface area contributed by atoms with Crippen LogP contribution in [0.5, 0.6) is 0 Å². The van der Waals surface area contributed by atoms with Crippen molar-refractivity contribution < 1.29 is 9.47 Å². The number of nitriles is 1. The lowest BCUT2D eigenvalue weighted by atomic mass is 9.82. The predicted octanol–water partition coefficient (Wildman–Crippen LogP) is 4.97. The van der Waals surface area contributed by atoms with Gasteiger partial charge in [0.05, 0.1) is 28.3 Å². The maximum absolute atomic E-state index is 9.74. The van der Waals surface area contributed by atoms with E-state index in [1.807, 2.05) is 31.4 Å². The summed E-state index contributed by atoms with van der Waals surface area (Å²) in [5.41, 5.74) is 1.21. The van der Waals surface area contributed by atoms with Gasteiger partial charge in [-0.05, 0) is 63.1 Å². The number of rotatable bonds is 8. The molecule has 3 aliphatic rings. The number of methoxy groups -OCH3 is 1. The summed E-state index contributed by atoms with van der Waals surface area (Å²) >= 11 is 6.56. The summed E-state index contributed by atoms with van der Waals surface area (Å²) in [4.78, 5) is 12.0. The van der Waals surface area contributed by atoms with Crippen molar-refractivity contribution >= 4 is 23.2 Å². The van der Waals surface area contributed by atoms with E-state index in [2.05, 4.69) is 26.6 Å². The van der Waals surface area contributed by atoms with Crippen molar-refractivity contribution in [3.8, 4) is 17.3 Å². The Bertz CT molecular complexity index is 1090. The molecule has 2 N–H and O–H groups in total. The van der Waals surface area contributed by atoms with Gasteiger partial charge in [0.2, 0.25) is 0 Å². The van der Waals surface area contributed by atoms with Crippen LogP contribution in [0.2, 0.25) is 5.02 Å². The fourth-order valence-electron chi connectivity index (χ4n) is 5.82. The van der Waals surface area contributed by atoms with Crippen LogP contribution >= 0.6 is 11.6 Å². The largest absolute Gasteiger partial charge is 0.381 e. The third-order valence-electron chi connectivity index (χ3n) is 8.25. The highest BCUT2D eigenvalue weighted by molar-refractivity contribution is 6.33. The molecule has 3 fully saturated rings. The normalized spacial score (nSPS) is 25.9. The third kappa shape index (κ3) is 6.35. The van der Waals surface area contributed by atoms with Gasteiger partial charge in [0.1, 0.15) is 11.6 Å². The number of nitrogens with zero attached hydrogens (tertiary/aromatic N) is 4. The molecule has 5 rings (SSSR count). The van der Waals surface area contributed by atoms with Crippen molar-refractivity contribution in [2.75, 3.05) is 50.6 Å². The summed E-state index contributed by atoms with van der Waals surface area (Å²) in [5, 5.41) is 17.3. The van der Waals surface area contributed by atoms with Crippen molar-refractivity contribution in [2.24, 2.45) is 5.41 Å². The van der Waals surface area contributed by atoms with Crippen LogP contribution < -0.4 is 10.6 Å². The molecule has 9 heteroatoms. The fraction of sp³-hybridized carbons (Fsp3) is 0.607. The van der Waals surface area contributed by atoms with E-state index in [-0.39, 0.29) is 0 Å². The van der Waals surface area contributed by atoms with Crippen molar-refractivity contribution in [3.63, 3.8) is 0 Å². The van der Waals surface area contributed by atoms with Gasteiger partial charge in [-0.3, -0.25) is 4.90 Å². The molecule has 198 valence electrons. The number of ether oxygens (including phenoxy) is 2. The molecule has 2 aliphatic heterocycles. The zero-order chi connectivity index (χ0) is 25.7. The molecule has 0 spiro atoms. The number of hydrogen-bond acceptors (Lipinski definition) is 8. The molecule has 1 atom stereocenters. The summed E-state index contributed by atoms with van der Waals surface area (Å²) in [6.45, 7) is 4.01. The molecule has 4 heterocycles. The minimum atomic E-state index is -0.416. The van der Waals surface area contributed by atoms with Gasteiger partial charge in [-0.2, -0.15) is 5.26 Å². The van der Waals surface area contributed by atoms with Crippen molar-refractivity contribution in [3.05, 3.63) is 35.5 Å². The lowest BCUT2D eigenvalue weighted by molar-refractivity contribution is 0.0455.